The number of carbonyl (C=O) groups excluding carboxylic acids is 3. The van der Waals surface area contributed by atoms with Crippen molar-refractivity contribution in [1.29, 1.82) is 0 Å². The van der Waals surface area contributed by atoms with Gasteiger partial charge in [-0.15, -0.1) is 0 Å². The fourth-order valence-corrected chi connectivity index (χ4v) is 2.77. The summed E-state index contributed by atoms with van der Waals surface area (Å²) < 4.78 is 9.13. The highest BCUT2D eigenvalue weighted by atomic mass is 16.5. The molecule has 0 aromatic heterocycles. The van der Waals surface area contributed by atoms with Crippen molar-refractivity contribution in [3.05, 3.63) is 0 Å². The van der Waals surface area contributed by atoms with Crippen LogP contribution < -0.4 is 0 Å². The lowest BCUT2D eigenvalue weighted by Crippen LogP contribution is -2.12. The summed E-state index contributed by atoms with van der Waals surface area (Å²) in [4.78, 5) is 32.4. The summed E-state index contributed by atoms with van der Waals surface area (Å²) in [6.45, 7) is 2.18. The summed E-state index contributed by atoms with van der Waals surface area (Å²) in [5, 5.41) is 0. The first kappa shape index (κ1) is 16.7. The van der Waals surface area contributed by atoms with Crippen LogP contribution in [-0.4, -0.2) is 31.9 Å². The van der Waals surface area contributed by atoms with E-state index in [-0.39, 0.29) is 29.6 Å². The molecule has 2 aliphatic rings. The van der Waals surface area contributed by atoms with Gasteiger partial charge in [-0.25, -0.2) is 0 Å². The van der Waals surface area contributed by atoms with Crippen LogP contribution in [-0.2, 0) is 23.9 Å². The number of ether oxygens (including phenoxy) is 2. The number of rotatable bonds is 2. The molecule has 2 fully saturated rings. The van der Waals surface area contributed by atoms with Gasteiger partial charge in [0.25, 0.3) is 0 Å². The first-order valence-electron chi connectivity index (χ1n) is 7.15. The zero-order valence-electron chi connectivity index (χ0n) is 12.5. The predicted octanol–water partition coefficient (Wildman–Crippen LogP) is 2.12. The maximum absolute atomic E-state index is 10.9. The topological polar surface area (TPSA) is 69.7 Å². The summed E-state index contributed by atoms with van der Waals surface area (Å²) >= 11 is 0. The van der Waals surface area contributed by atoms with Crippen molar-refractivity contribution in [1.82, 2.24) is 0 Å². The molecule has 5 heteroatoms. The summed E-state index contributed by atoms with van der Waals surface area (Å²) in [5.74, 6) is 0.659. The maximum Gasteiger partial charge on any atom is 0.309 e. The Hall–Kier alpha value is -1.39. The molecule has 0 radical (unpaired) electrons. The minimum atomic E-state index is -0.245. The molecule has 0 aromatic rings. The van der Waals surface area contributed by atoms with E-state index in [0.717, 1.165) is 12.8 Å². The largest absolute Gasteiger partial charge is 0.469 e. The number of methoxy groups -OCH3 is 2. The van der Waals surface area contributed by atoms with E-state index in [9.17, 15) is 14.4 Å². The molecule has 114 valence electrons. The highest BCUT2D eigenvalue weighted by Crippen LogP contribution is 2.30. The van der Waals surface area contributed by atoms with Gasteiger partial charge in [0.05, 0.1) is 26.1 Å². The Labute approximate surface area is 120 Å². The van der Waals surface area contributed by atoms with Gasteiger partial charge in [-0.3, -0.25) is 14.4 Å². The molecular formula is C15H24O5. The molecule has 0 bridgehead atoms. The summed E-state index contributed by atoms with van der Waals surface area (Å²) in [6.07, 6.45) is 4.82. The molecular weight excluding hydrogens is 260 g/mol. The SMILES string of the molecule is COC(=O)C1CCC(=O)C1.COC(=O)C1CCC(C)C1. The molecule has 0 aromatic carbocycles. The van der Waals surface area contributed by atoms with Crippen molar-refractivity contribution >= 4 is 17.7 Å². The number of hydrogen-bond acceptors (Lipinski definition) is 5. The van der Waals surface area contributed by atoms with Crippen LogP contribution >= 0.6 is 0 Å². The van der Waals surface area contributed by atoms with E-state index in [1.165, 1.54) is 20.6 Å². The highest BCUT2D eigenvalue weighted by Gasteiger charge is 2.28. The Morgan fingerprint density at radius 3 is 2.00 bits per heavy atom. The van der Waals surface area contributed by atoms with Gasteiger partial charge in [0.15, 0.2) is 0 Å². The number of carbonyl (C=O) groups is 3. The lowest BCUT2D eigenvalue weighted by molar-refractivity contribution is -0.146. The molecule has 3 atom stereocenters. The third-order valence-electron chi connectivity index (χ3n) is 4.01. The van der Waals surface area contributed by atoms with Crippen molar-refractivity contribution in [2.75, 3.05) is 14.2 Å². The van der Waals surface area contributed by atoms with Crippen molar-refractivity contribution in [2.45, 2.75) is 45.4 Å². The molecule has 20 heavy (non-hydrogen) atoms. The molecule has 2 rings (SSSR count). The van der Waals surface area contributed by atoms with Gasteiger partial charge >= 0.3 is 11.9 Å². The van der Waals surface area contributed by atoms with Crippen LogP contribution in [0.15, 0.2) is 0 Å². The number of esters is 2. The second-order valence-corrected chi connectivity index (χ2v) is 5.64. The fraction of sp³-hybridized carbons (Fsp3) is 0.800. The minimum absolute atomic E-state index is 0.0237. The number of hydrogen-bond donors (Lipinski definition) is 0. The van der Waals surface area contributed by atoms with E-state index in [1.807, 2.05) is 0 Å². The van der Waals surface area contributed by atoms with E-state index in [0.29, 0.717) is 25.2 Å². The van der Waals surface area contributed by atoms with Crippen LogP contribution in [0.25, 0.3) is 0 Å². The standard InChI is InChI=1S/C8H14O2.C7H10O3/c1-6-3-4-7(5-6)8(9)10-2;1-10-7(9)5-2-3-6(8)4-5/h6-7H,3-5H2,1-2H3;5H,2-4H2,1H3. The number of Topliss-reactive ketones (excluding diaryl/α,β-unsaturated/α-hetero) is 1. The quantitative estimate of drug-likeness (QED) is 0.726. The lowest BCUT2D eigenvalue weighted by atomic mass is 10.1. The second kappa shape index (κ2) is 8.02. The fourth-order valence-electron chi connectivity index (χ4n) is 2.77. The Balaban J connectivity index is 0.000000200. The average Bonchev–Trinajstić information content (AvgIpc) is 3.06. The van der Waals surface area contributed by atoms with E-state index in [4.69, 9.17) is 0 Å². The Kier molecular flexibility index (Phi) is 6.68. The smallest absolute Gasteiger partial charge is 0.309 e. The van der Waals surface area contributed by atoms with E-state index >= 15 is 0 Å². The normalized spacial score (nSPS) is 28.6. The summed E-state index contributed by atoms with van der Waals surface area (Å²) in [5.41, 5.74) is 0. The van der Waals surface area contributed by atoms with Gasteiger partial charge in [0, 0.05) is 12.8 Å². The second-order valence-electron chi connectivity index (χ2n) is 5.64. The Morgan fingerprint density at radius 1 is 1.00 bits per heavy atom. The lowest BCUT2D eigenvalue weighted by Gasteiger charge is -2.04. The van der Waals surface area contributed by atoms with E-state index < -0.39 is 0 Å². The third-order valence-corrected chi connectivity index (χ3v) is 4.01. The predicted molar refractivity (Wildman–Crippen MR) is 72.9 cm³/mol. The van der Waals surface area contributed by atoms with Gasteiger partial charge in [-0.2, -0.15) is 0 Å². The van der Waals surface area contributed by atoms with E-state index in [1.54, 1.807) is 0 Å². The summed E-state index contributed by atoms with van der Waals surface area (Å²) in [6, 6.07) is 0. The maximum atomic E-state index is 10.9. The van der Waals surface area contributed by atoms with Crippen LogP contribution in [0.2, 0.25) is 0 Å². The van der Waals surface area contributed by atoms with Crippen LogP contribution in [0.5, 0.6) is 0 Å². The first-order valence-corrected chi connectivity index (χ1v) is 7.15. The molecule has 0 spiro atoms. The molecule has 2 aliphatic carbocycles. The minimum Gasteiger partial charge on any atom is -0.469 e. The van der Waals surface area contributed by atoms with Gasteiger partial charge in [0.1, 0.15) is 5.78 Å². The van der Waals surface area contributed by atoms with Crippen LogP contribution in [0, 0.1) is 17.8 Å². The van der Waals surface area contributed by atoms with Crippen molar-refractivity contribution in [3.8, 4) is 0 Å². The molecule has 2 saturated carbocycles. The zero-order valence-corrected chi connectivity index (χ0v) is 12.5. The monoisotopic (exact) mass is 284 g/mol. The van der Waals surface area contributed by atoms with Crippen molar-refractivity contribution in [2.24, 2.45) is 17.8 Å². The van der Waals surface area contributed by atoms with Crippen LogP contribution in [0.3, 0.4) is 0 Å². The van der Waals surface area contributed by atoms with Gasteiger partial charge in [-0.05, 0) is 31.6 Å². The molecule has 0 amide bonds. The zero-order chi connectivity index (χ0) is 15.1. The Bertz CT molecular complexity index is 363. The molecule has 0 aliphatic heterocycles. The third kappa shape index (κ3) is 4.94. The first-order chi connectivity index (χ1) is 9.47. The van der Waals surface area contributed by atoms with Crippen LogP contribution in [0.1, 0.15) is 45.4 Å². The van der Waals surface area contributed by atoms with Gasteiger partial charge in [-0.1, -0.05) is 6.92 Å². The average molecular weight is 284 g/mol. The highest BCUT2D eigenvalue weighted by molar-refractivity contribution is 5.87. The van der Waals surface area contributed by atoms with Gasteiger partial charge in [0.2, 0.25) is 0 Å². The molecule has 0 N–H and O–H groups in total. The van der Waals surface area contributed by atoms with Crippen LogP contribution in [0.4, 0.5) is 0 Å². The van der Waals surface area contributed by atoms with Gasteiger partial charge < -0.3 is 9.47 Å². The van der Waals surface area contributed by atoms with E-state index in [2.05, 4.69) is 16.4 Å². The number of ketones is 1. The molecule has 0 heterocycles. The summed E-state index contributed by atoms with van der Waals surface area (Å²) in [7, 11) is 2.82. The molecule has 3 unspecified atom stereocenters. The molecule has 5 nitrogen and oxygen atoms in total. The van der Waals surface area contributed by atoms with Crippen molar-refractivity contribution in [3.63, 3.8) is 0 Å². The molecule has 0 saturated heterocycles. The Morgan fingerprint density at radius 2 is 1.60 bits per heavy atom. The van der Waals surface area contributed by atoms with Crippen molar-refractivity contribution < 1.29 is 23.9 Å².